The van der Waals surface area contributed by atoms with Gasteiger partial charge < -0.3 is 15.1 Å². The van der Waals surface area contributed by atoms with Gasteiger partial charge in [0.05, 0.1) is 10.6 Å². The Morgan fingerprint density at radius 1 is 0.796 bits per heavy atom. The molecule has 0 bridgehead atoms. The molecule has 0 radical (unpaired) electrons. The molecule has 4 aromatic carbocycles. The maximum Gasteiger partial charge on any atom is 0.269 e. The highest BCUT2D eigenvalue weighted by Crippen LogP contribution is 2.30. The molecule has 10 nitrogen and oxygen atoms in total. The fraction of sp³-hybridized carbons (Fsp3) is 0.154. The number of benzene rings is 4. The summed E-state index contributed by atoms with van der Waals surface area (Å²) in [5.41, 5.74) is 2.91. The van der Waals surface area contributed by atoms with Gasteiger partial charge in [-0.15, -0.1) is 0 Å². The van der Waals surface area contributed by atoms with Crippen LogP contribution < -0.4 is 10.6 Å². The maximum absolute atomic E-state index is 14.0. The minimum Gasteiger partial charge on any atom is -0.457 e. The first-order chi connectivity index (χ1) is 23.9. The summed E-state index contributed by atoms with van der Waals surface area (Å²) in [7, 11) is 0. The number of anilines is 2. The van der Waals surface area contributed by atoms with Crippen molar-refractivity contribution >= 4 is 40.7 Å². The number of piperidine rings is 1. The fourth-order valence-corrected chi connectivity index (χ4v) is 5.89. The van der Waals surface area contributed by atoms with E-state index in [1.54, 1.807) is 66.7 Å². The van der Waals surface area contributed by atoms with Crippen LogP contribution in [0.25, 0.3) is 17.4 Å². The van der Waals surface area contributed by atoms with Crippen LogP contribution in [0.1, 0.15) is 52.5 Å². The number of likely N-dealkylation sites (tertiary alicyclic amines) is 1. The van der Waals surface area contributed by atoms with Crippen molar-refractivity contribution in [2.24, 2.45) is 0 Å². The molecule has 1 atom stereocenters. The average molecular weight is 655 g/mol. The van der Waals surface area contributed by atoms with E-state index in [9.17, 15) is 24.5 Å². The second-order valence-corrected chi connectivity index (χ2v) is 11.7. The van der Waals surface area contributed by atoms with Gasteiger partial charge in [-0.1, -0.05) is 67.1 Å². The lowest BCUT2D eigenvalue weighted by Gasteiger charge is -2.34. The number of hydrogen-bond donors (Lipinski definition) is 2. The summed E-state index contributed by atoms with van der Waals surface area (Å²) in [6, 6.07) is 32.1. The second-order valence-electron chi connectivity index (χ2n) is 11.7. The quantitative estimate of drug-likeness (QED) is 0.0640. The van der Waals surface area contributed by atoms with Gasteiger partial charge in [-0.2, -0.15) is 0 Å². The molecule has 49 heavy (non-hydrogen) atoms. The number of non-ortho nitro benzene ring substituents is 1. The number of nitrogens with one attached hydrogen (secondary N) is 2. The highest BCUT2D eigenvalue weighted by molar-refractivity contribution is 6.15. The van der Waals surface area contributed by atoms with Crippen molar-refractivity contribution < 1.29 is 23.7 Å². The van der Waals surface area contributed by atoms with Crippen LogP contribution in [-0.4, -0.2) is 40.5 Å². The van der Waals surface area contributed by atoms with E-state index in [-0.39, 0.29) is 22.9 Å². The van der Waals surface area contributed by atoms with Crippen LogP contribution in [0.4, 0.5) is 17.1 Å². The predicted octanol–water partition coefficient (Wildman–Crippen LogP) is 7.90. The number of carbonyl (C=O) groups is 3. The number of nitrogens with zero attached hydrogens (tertiary/aromatic N) is 2. The van der Waals surface area contributed by atoms with E-state index in [0.717, 1.165) is 37.9 Å². The summed E-state index contributed by atoms with van der Waals surface area (Å²) >= 11 is 0. The normalized spacial score (nSPS) is 13.9. The number of amides is 2. The standard InChI is InChI=1S/C39H34N4O6/c44-36(23-20-32-19-22-35(49-32)27-14-17-31(18-15-27)43(47)48)40-30-16-21-34(33(26-30)38(45)29-12-6-2-7-13-29)41-39(46)37(28-10-4-1-5-11-28)42-24-8-3-9-25-42/h1-2,4-7,10-23,26,37H,3,8-9,24-25H2,(H,40,44)(H,41,46)/b23-20+. The fourth-order valence-electron chi connectivity index (χ4n) is 5.89. The molecule has 1 saturated heterocycles. The molecule has 2 heterocycles. The maximum atomic E-state index is 14.0. The van der Waals surface area contributed by atoms with E-state index in [0.29, 0.717) is 34.0 Å². The number of rotatable bonds is 11. The number of ketones is 1. The van der Waals surface area contributed by atoms with E-state index in [2.05, 4.69) is 15.5 Å². The highest BCUT2D eigenvalue weighted by atomic mass is 16.6. The van der Waals surface area contributed by atoms with Crippen molar-refractivity contribution in [3.63, 3.8) is 0 Å². The summed E-state index contributed by atoms with van der Waals surface area (Å²) in [5, 5.41) is 16.8. The van der Waals surface area contributed by atoms with Crippen LogP contribution in [-0.2, 0) is 9.59 Å². The van der Waals surface area contributed by atoms with Gasteiger partial charge >= 0.3 is 0 Å². The second kappa shape index (κ2) is 15.2. The van der Waals surface area contributed by atoms with Crippen LogP contribution in [0.3, 0.4) is 0 Å². The van der Waals surface area contributed by atoms with Crippen LogP contribution in [0, 0.1) is 10.1 Å². The molecule has 1 aromatic heterocycles. The van der Waals surface area contributed by atoms with Gasteiger partial charge in [0.2, 0.25) is 11.8 Å². The van der Waals surface area contributed by atoms with Crippen molar-refractivity contribution in [1.82, 2.24) is 4.90 Å². The summed E-state index contributed by atoms with van der Waals surface area (Å²) in [6.07, 6.45) is 5.95. The molecule has 0 spiro atoms. The molecule has 0 saturated carbocycles. The van der Waals surface area contributed by atoms with Gasteiger partial charge in [0.25, 0.3) is 5.69 Å². The minimum absolute atomic E-state index is 0.0232. The predicted molar refractivity (Wildman–Crippen MR) is 188 cm³/mol. The van der Waals surface area contributed by atoms with Crippen LogP contribution in [0.15, 0.2) is 126 Å². The van der Waals surface area contributed by atoms with Gasteiger partial charge in [0, 0.05) is 40.6 Å². The molecule has 6 rings (SSSR count). The van der Waals surface area contributed by atoms with E-state index in [1.165, 1.54) is 24.3 Å². The van der Waals surface area contributed by atoms with Crippen molar-refractivity contribution in [1.29, 1.82) is 0 Å². The molecule has 2 N–H and O–H groups in total. The van der Waals surface area contributed by atoms with Gasteiger partial charge in [-0.25, -0.2) is 0 Å². The molecular weight excluding hydrogens is 620 g/mol. The van der Waals surface area contributed by atoms with Crippen molar-refractivity contribution in [3.8, 4) is 11.3 Å². The lowest BCUT2D eigenvalue weighted by atomic mass is 9.99. The van der Waals surface area contributed by atoms with Crippen molar-refractivity contribution in [3.05, 3.63) is 154 Å². The zero-order valence-electron chi connectivity index (χ0n) is 26.6. The minimum atomic E-state index is -0.520. The average Bonchev–Trinajstić information content (AvgIpc) is 3.62. The summed E-state index contributed by atoms with van der Waals surface area (Å²) in [4.78, 5) is 53.3. The first kappa shape index (κ1) is 32.8. The molecular formula is C39H34N4O6. The van der Waals surface area contributed by atoms with Gasteiger partial charge in [0.15, 0.2) is 5.78 Å². The number of furan rings is 1. The number of carbonyl (C=O) groups excluding carboxylic acids is 3. The third kappa shape index (κ3) is 8.06. The van der Waals surface area contributed by atoms with Crippen LogP contribution in [0.5, 0.6) is 0 Å². The Morgan fingerprint density at radius 3 is 2.18 bits per heavy atom. The first-order valence-corrected chi connectivity index (χ1v) is 16.0. The van der Waals surface area contributed by atoms with Gasteiger partial charge in [-0.3, -0.25) is 29.4 Å². The molecule has 1 unspecified atom stereocenters. The monoisotopic (exact) mass is 654 g/mol. The topological polar surface area (TPSA) is 135 Å². The van der Waals surface area contributed by atoms with E-state index < -0.39 is 16.9 Å². The Hall–Kier alpha value is -6.13. The zero-order chi connectivity index (χ0) is 34.2. The molecule has 246 valence electrons. The molecule has 0 aliphatic carbocycles. The lowest BCUT2D eigenvalue weighted by Crippen LogP contribution is -2.40. The van der Waals surface area contributed by atoms with Crippen molar-refractivity contribution in [2.75, 3.05) is 23.7 Å². The molecule has 5 aromatic rings. The van der Waals surface area contributed by atoms with Crippen molar-refractivity contribution in [2.45, 2.75) is 25.3 Å². The van der Waals surface area contributed by atoms with E-state index >= 15 is 0 Å². The molecule has 1 aliphatic rings. The summed E-state index contributed by atoms with van der Waals surface area (Å²) in [6.45, 7) is 1.61. The summed E-state index contributed by atoms with van der Waals surface area (Å²) < 4.78 is 5.79. The largest absolute Gasteiger partial charge is 0.457 e. The Morgan fingerprint density at radius 2 is 1.49 bits per heavy atom. The smallest absolute Gasteiger partial charge is 0.269 e. The van der Waals surface area contributed by atoms with E-state index in [1.807, 2.05) is 36.4 Å². The van der Waals surface area contributed by atoms with Gasteiger partial charge in [-0.05, 0) is 80.0 Å². The lowest BCUT2D eigenvalue weighted by molar-refractivity contribution is -0.384. The molecule has 1 aliphatic heterocycles. The molecule has 1 fully saturated rings. The van der Waals surface area contributed by atoms with E-state index in [4.69, 9.17) is 4.42 Å². The Kier molecular flexibility index (Phi) is 10.2. The zero-order valence-corrected chi connectivity index (χ0v) is 26.6. The SMILES string of the molecule is O=C(/C=C/c1ccc(-c2ccc([N+](=O)[O-])cc2)o1)Nc1ccc(NC(=O)C(c2ccccc2)N2CCCCC2)c(C(=O)c2ccccc2)c1. The highest BCUT2D eigenvalue weighted by Gasteiger charge is 2.30. The Labute approximate surface area is 283 Å². The molecule has 10 heteroatoms. The first-order valence-electron chi connectivity index (χ1n) is 16.0. The van der Waals surface area contributed by atoms with Crippen LogP contribution >= 0.6 is 0 Å². The summed E-state index contributed by atoms with van der Waals surface area (Å²) in [5.74, 6) is -0.0975. The third-order valence-electron chi connectivity index (χ3n) is 8.33. The number of nitro groups is 1. The Balaban J connectivity index is 1.21. The van der Waals surface area contributed by atoms with Gasteiger partial charge in [0.1, 0.15) is 17.6 Å². The number of nitro benzene ring substituents is 1. The Bertz CT molecular complexity index is 1980. The third-order valence-corrected chi connectivity index (χ3v) is 8.33. The number of hydrogen-bond acceptors (Lipinski definition) is 7. The van der Waals surface area contributed by atoms with Crippen LogP contribution in [0.2, 0.25) is 0 Å². The molecule has 2 amide bonds.